The molecule has 0 N–H and O–H groups in total. The van der Waals surface area contributed by atoms with Gasteiger partial charge in [0.05, 0.1) is 6.54 Å². The Hall–Kier alpha value is -2.92. The summed E-state index contributed by atoms with van der Waals surface area (Å²) in [5.74, 6) is -0.0541. The molecule has 29 heavy (non-hydrogen) atoms. The molecule has 150 valence electrons. The average Bonchev–Trinajstić information content (AvgIpc) is 3.04. The van der Waals surface area contributed by atoms with Crippen LogP contribution in [0.2, 0.25) is 0 Å². The monoisotopic (exact) mass is 391 g/mol. The molecule has 0 spiro atoms. The van der Waals surface area contributed by atoms with Gasteiger partial charge in [-0.2, -0.15) is 0 Å². The van der Waals surface area contributed by atoms with E-state index < -0.39 is 0 Å². The van der Waals surface area contributed by atoms with Gasteiger partial charge in [0, 0.05) is 54.5 Å². The van der Waals surface area contributed by atoms with Gasteiger partial charge >= 0.3 is 0 Å². The molecule has 1 aromatic heterocycles. The van der Waals surface area contributed by atoms with Crippen molar-refractivity contribution in [2.24, 2.45) is 0 Å². The second kappa shape index (κ2) is 8.21. The molecule has 1 aliphatic heterocycles. The van der Waals surface area contributed by atoms with Crippen LogP contribution in [0, 0.1) is 19.7 Å². The third-order valence-electron chi connectivity index (χ3n) is 5.68. The maximum atomic E-state index is 13.1. The summed E-state index contributed by atoms with van der Waals surface area (Å²) in [6.45, 7) is 7.79. The van der Waals surface area contributed by atoms with Crippen LogP contribution in [0.4, 0.5) is 10.1 Å². The summed E-state index contributed by atoms with van der Waals surface area (Å²) in [6.07, 6.45) is 0. The molecule has 0 bridgehead atoms. The van der Waals surface area contributed by atoms with Crippen LogP contribution in [-0.2, 0) is 0 Å². The molecule has 1 saturated heterocycles. The number of carbonyl (C=O) groups excluding carboxylic acids is 1. The Morgan fingerprint density at radius 1 is 0.897 bits per heavy atom. The molecule has 0 radical (unpaired) electrons. The van der Waals surface area contributed by atoms with Crippen LogP contribution in [-0.4, -0.2) is 48.0 Å². The number of aryl methyl sites for hydroxylation is 1. The van der Waals surface area contributed by atoms with E-state index in [1.54, 1.807) is 0 Å². The molecule has 4 rings (SSSR count). The average molecular weight is 391 g/mol. The fourth-order valence-corrected chi connectivity index (χ4v) is 4.12. The summed E-state index contributed by atoms with van der Waals surface area (Å²) >= 11 is 0. The van der Waals surface area contributed by atoms with Crippen molar-refractivity contribution in [2.45, 2.75) is 13.8 Å². The predicted octanol–water partition coefficient (Wildman–Crippen LogP) is 4.24. The van der Waals surface area contributed by atoms with Gasteiger partial charge in [-0.15, -0.1) is 0 Å². The summed E-state index contributed by atoms with van der Waals surface area (Å²) < 4.78 is 15.3. The van der Waals surface area contributed by atoms with E-state index in [2.05, 4.69) is 26.5 Å². The van der Waals surface area contributed by atoms with Crippen LogP contribution in [0.25, 0.3) is 5.69 Å². The Morgan fingerprint density at radius 2 is 1.55 bits per heavy atom. The maximum Gasteiger partial charge on any atom is 0.178 e. The number of aromatic nitrogens is 1. The van der Waals surface area contributed by atoms with E-state index in [4.69, 9.17) is 0 Å². The first kappa shape index (κ1) is 19.4. The molecule has 3 aromatic rings. The van der Waals surface area contributed by atoms with E-state index in [9.17, 15) is 9.18 Å². The first-order valence-electron chi connectivity index (χ1n) is 10.0. The number of carbonyl (C=O) groups is 1. The van der Waals surface area contributed by atoms with E-state index in [1.807, 2.05) is 50.2 Å². The maximum absolute atomic E-state index is 13.1. The molecule has 2 aromatic carbocycles. The van der Waals surface area contributed by atoms with Crippen molar-refractivity contribution in [1.82, 2.24) is 9.47 Å². The number of nitrogens with zero attached hydrogens (tertiary/aromatic N) is 3. The lowest BCUT2D eigenvalue weighted by Crippen LogP contribution is -2.48. The number of ketones is 1. The molecule has 0 saturated carbocycles. The number of rotatable bonds is 5. The highest BCUT2D eigenvalue weighted by Gasteiger charge is 2.22. The Morgan fingerprint density at radius 3 is 2.21 bits per heavy atom. The van der Waals surface area contributed by atoms with E-state index in [0.717, 1.165) is 54.5 Å². The second-order valence-corrected chi connectivity index (χ2v) is 7.62. The minimum Gasteiger partial charge on any atom is -0.369 e. The molecule has 0 atom stereocenters. The Bertz CT molecular complexity index is 987. The number of hydrogen-bond acceptors (Lipinski definition) is 3. The van der Waals surface area contributed by atoms with Crippen molar-refractivity contribution in [3.8, 4) is 5.69 Å². The topological polar surface area (TPSA) is 28.5 Å². The van der Waals surface area contributed by atoms with Crippen molar-refractivity contribution in [3.05, 3.63) is 83.4 Å². The number of Topliss-reactive ketones (excluding diaryl/α,β-unsaturated/α-hetero) is 1. The molecule has 1 aliphatic rings. The standard InChI is InChI=1S/C24H26FN3O/c1-18-16-23(19(2)28(18)22-6-4-3-5-7-22)24(29)17-26-12-14-27(15-13-26)21-10-8-20(25)9-11-21/h3-11,16H,12-15,17H2,1-2H3. The summed E-state index contributed by atoms with van der Waals surface area (Å²) in [5.41, 5.74) is 4.97. The molecule has 0 unspecified atom stereocenters. The predicted molar refractivity (Wildman–Crippen MR) is 115 cm³/mol. The first-order valence-corrected chi connectivity index (χ1v) is 10.0. The molecule has 0 amide bonds. The van der Waals surface area contributed by atoms with Crippen molar-refractivity contribution >= 4 is 11.5 Å². The molecule has 1 fully saturated rings. The smallest absolute Gasteiger partial charge is 0.178 e. The second-order valence-electron chi connectivity index (χ2n) is 7.62. The zero-order valence-electron chi connectivity index (χ0n) is 16.9. The highest BCUT2D eigenvalue weighted by atomic mass is 19.1. The number of para-hydroxylation sites is 1. The third kappa shape index (κ3) is 4.10. The highest BCUT2D eigenvalue weighted by molar-refractivity contribution is 5.99. The van der Waals surface area contributed by atoms with Gasteiger partial charge in [0.2, 0.25) is 0 Å². The van der Waals surface area contributed by atoms with Gasteiger partial charge in [0.15, 0.2) is 5.78 Å². The Kier molecular flexibility index (Phi) is 5.49. The number of benzene rings is 2. The quantitative estimate of drug-likeness (QED) is 0.609. The van der Waals surface area contributed by atoms with Gasteiger partial charge in [-0.1, -0.05) is 18.2 Å². The van der Waals surface area contributed by atoms with Crippen molar-refractivity contribution in [1.29, 1.82) is 0 Å². The lowest BCUT2D eigenvalue weighted by Gasteiger charge is -2.35. The normalized spacial score (nSPS) is 14.9. The van der Waals surface area contributed by atoms with Crippen molar-refractivity contribution < 1.29 is 9.18 Å². The third-order valence-corrected chi connectivity index (χ3v) is 5.68. The van der Waals surface area contributed by atoms with E-state index in [0.29, 0.717) is 6.54 Å². The van der Waals surface area contributed by atoms with Gasteiger partial charge in [0.25, 0.3) is 0 Å². The zero-order chi connectivity index (χ0) is 20.4. The van der Waals surface area contributed by atoms with Gasteiger partial charge in [-0.25, -0.2) is 4.39 Å². The highest BCUT2D eigenvalue weighted by Crippen LogP contribution is 2.22. The fourth-order valence-electron chi connectivity index (χ4n) is 4.12. The minimum atomic E-state index is -0.217. The molecule has 4 nitrogen and oxygen atoms in total. The van der Waals surface area contributed by atoms with Crippen molar-refractivity contribution in [2.75, 3.05) is 37.6 Å². The molecule has 0 aliphatic carbocycles. The van der Waals surface area contributed by atoms with Crippen molar-refractivity contribution in [3.63, 3.8) is 0 Å². The van der Waals surface area contributed by atoms with Gasteiger partial charge in [-0.3, -0.25) is 9.69 Å². The van der Waals surface area contributed by atoms with Crippen LogP contribution in [0.1, 0.15) is 21.7 Å². The number of piperazine rings is 1. The largest absolute Gasteiger partial charge is 0.369 e. The summed E-state index contributed by atoms with van der Waals surface area (Å²) in [5, 5.41) is 0. The summed E-state index contributed by atoms with van der Waals surface area (Å²) in [6, 6.07) is 18.7. The molecular formula is C24H26FN3O. The lowest BCUT2D eigenvalue weighted by molar-refractivity contribution is 0.0926. The van der Waals surface area contributed by atoms with E-state index >= 15 is 0 Å². The molecule has 2 heterocycles. The summed E-state index contributed by atoms with van der Waals surface area (Å²) in [7, 11) is 0. The van der Waals surface area contributed by atoms with Crippen LogP contribution < -0.4 is 4.90 Å². The number of anilines is 1. The molecule has 5 heteroatoms. The van der Waals surface area contributed by atoms with E-state index in [-0.39, 0.29) is 11.6 Å². The lowest BCUT2D eigenvalue weighted by atomic mass is 10.1. The SMILES string of the molecule is Cc1cc(C(=O)CN2CCN(c3ccc(F)cc3)CC2)c(C)n1-c1ccccc1. The van der Waals surface area contributed by atoms with Gasteiger partial charge in [-0.05, 0) is 56.3 Å². The fraction of sp³-hybridized carbons (Fsp3) is 0.292. The summed E-state index contributed by atoms with van der Waals surface area (Å²) in [4.78, 5) is 17.5. The molecular weight excluding hydrogens is 365 g/mol. The Balaban J connectivity index is 1.41. The van der Waals surface area contributed by atoms with Gasteiger partial charge in [0.1, 0.15) is 5.82 Å². The number of hydrogen-bond donors (Lipinski definition) is 0. The van der Waals surface area contributed by atoms with Crippen LogP contribution in [0.5, 0.6) is 0 Å². The van der Waals surface area contributed by atoms with Gasteiger partial charge < -0.3 is 9.47 Å². The van der Waals surface area contributed by atoms with E-state index in [1.165, 1.54) is 12.1 Å². The zero-order valence-corrected chi connectivity index (χ0v) is 16.9. The first-order chi connectivity index (χ1) is 14.0. The van der Waals surface area contributed by atoms with Crippen LogP contribution in [0.3, 0.4) is 0 Å². The minimum absolute atomic E-state index is 0.163. The van der Waals surface area contributed by atoms with Crippen LogP contribution >= 0.6 is 0 Å². The van der Waals surface area contributed by atoms with Crippen LogP contribution in [0.15, 0.2) is 60.7 Å². The Labute approximate surface area is 171 Å². The number of halogens is 1.